The average Bonchev–Trinajstić information content (AvgIpc) is 3.28. The number of amides is 1. The molecule has 0 bridgehead atoms. The van der Waals surface area contributed by atoms with Crippen molar-refractivity contribution in [1.29, 1.82) is 0 Å². The minimum absolute atomic E-state index is 0.0259. The number of aliphatic hydroxyl groups is 3. The summed E-state index contributed by atoms with van der Waals surface area (Å²) in [7, 11) is 7.00. The summed E-state index contributed by atoms with van der Waals surface area (Å²) in [5.41, 5.74) is 3.57. The molecular formula is C28H31N3O8. The van der Waals surface area contributed by atoms with E-state index >= 15 is 0 Å². The number of allylic oxidation sites excluding steroid dienone is 1. The molecule has 0 unspecified atom stereocenters. The van der Waals surface area contributed by atoms with Crippen LogP contribution in [0.15, 0.2) is 51.5 Å². The van der Waals surface area contributed by atoms with Gasteiger partial charge in [0.15, 0.2) is 11.4 Å². The Morgan fingerprint density at radius 1 is 1.15 bits per heavy atom. The summed E-state index contributed by atoms with van der Waals surface area (Å²) in [6, 6.07) is 3.89. The predicted molar refractivity (Wildman–Crippen MR) is 139 cm³/mol. The van der Waals surface area contributed by atoms with Crippen LogP contribution >= 0.6 is 0 Å². The highest BCUT2D eigenvalue weighted by molar-refractivity contribution is 6.24. The zero-order valence-electron chi connectivity index (χ0n) is 22.1. The number of likely N-dealkylation sites (N-methyl/N-ethyl adjacent to an activating group) is 1. The molecular weight excluding hydrogens is 506 g/mol. The summed E-state index contributed by atoms with van der Waals surface area (Å²) in [5, 5.41) is 44.7. The van der Waals surface area contributed by atoms with Gasteiger partial charge in [-0.25, -0.2) is 0 Å². The minimum atomic E-state index is -2.66. The van der Waals surface area contributed by atoms with Gasteiger partial charge in [0.2, 0.25) is 5.78 Å². The minimum Gasteiger partial charge on any atom is -0.510 e. The highest BCUT2D eigenvalue weighted by Crippen LogP contribution is 2.53. The molecule has 0 spiro atoms. The van der Waals surface area contributed by atoms with E-state index in [4.69, 9.17) is 10.2 Å². The number of nitrogens with zero attached hydrogens (tertiary/aromatic N) is 2. The van der Waals surface area contributed by atoms with Crippen LogP contribution in [0.25, 0.3) is 11.1 Å². The normalized spacial score (nSPS) is 26.7. The van der Waals surface area contributed by atoms with Crippen molar-refractivity contribution in [3.05, 3.63) is 64.0 Å². The number of aliphatic hydroxyl groups excluding tert-OH is 2. The number of carbonyl (C=O) groups is 3. The van der Waals surface area contributed by atoms with Crippen LogP contribution in [-0.4, -0.2) is 87.5 Å². The van der Waals surface area contributed by atoms with Gasteiger partial charge in [0, 0.05) is 17.1 Å². The maximum Gasteiger partial charge on any atom is 0.255 e. The van der Waals surface area contributed by atoms with Crippen LogP contribution in [0.4, 0.5) is 0 Å². The molecule has 11 nitrogen and oxygen atoms in total. The zero-order valence-corrected chi connectivity index (χ0v) is 22.1. The fourth-order valence-electron chi connectivity index (χ4n) is 6.44. The van der Waals surface area contributed by atoms with Crippen LogP contribution < -0.4 is 5.73 Å². The summed E-state index contributed by atoms with van der Waals surface area (Å²) < 4.78 is 5.69. The molecule has 6 N–H and O–H groups in total. The highest BCUT2D eigenvalue weighted by Gasteiger charge is 2.63. The first-order valence-electron chi connectivity index (χ1n) is 12.5. The third kappa shape index (κ3) is 3.80. The Labute approximate surface area is 224 Å². The van der Waals surface area contributed by atoms with Crippen LogP contribution in [0.5, 0.6) is 5.75 Å². The molecule has 1 aromatic carbocycles. The Morgan fingerprint density at radius 2 is 1.85 bits per heavy atom. The predicted octanol–water partition coefficient (Wildman–Crippen LogP) is 1.44. The molecule has 2 aromatic rings. The number of furan rings is 1. The van der Waals surface area contributed by atoms with Crippen molar-refractivity contribution < 1.29 is 39.2 Å². The van der Waals surface area contributed by atoms with Gasteiger partial charge in [0.05, 0.1) is 24.4 Å². The number of phenols is 1. The number of benzene rings is 1. The monoisotopic (exact) mass is 537 g/mol. The zero-order chi connectivity index (χ0) is 28.5. The van der Waals surface area contributed by atoms with E-state index in [0.29, 0.717) is 29.0 Å². The Morgan fingerprint density at radius 3 is 2.46 bits per heavy atom. The first-order chi connectivity index (χ1) is 18.3. The molecule has 0 radical (unpaired) electrons. The molecule has 206 valence electrons. The van der Waals surface area contributed by atoms with Crippen LogP contribution in [0, 0.1) is 11.8 Å². The molecule has 0 aliphatic heterocycles. The van der Waals surface area contributed by atoms with Gasteiger partial charge in [-0.3, -0.25) is 19.3 Å². The molecule has 1 aromatic heterocycles. The molecule has 11 heteroatoms. The van der Waals surface area contributed by atoms with Crippen LogP contribution in [0.3, 0.4) is 0 Å². The molecule has 3 aliphatic rings. The van der Waals surface area contributed by atoms with Crippen molar-refractivity contribution >= 4 is 17.5 Å². The van der Waals surface area contributed by atoms with E-state index in [9.17, 15) is 34.8 Å². The Kier molecular flexibility index (Phi) is 6.21. The van der Waals surface area contributed by atoms with Gasteiger partial charge in [-0.15, -0.1) is 0 Å². The van der Waals surface area contributed by atoms with Crippen LogP contribution in [0.2, 0.25) is 0 Å². The SMILES string of the molecule is CN(C)Cc1cc(-c2ccc(O)c3c2C[C@H]2C[C@H]4[C@H](N(C)C)C(O)=C(C(N)=O)C(=O)[C@@]4(O)C(O)=C2C3=O)co1. The fourth-order valence-corrected chi connectivity index (χ4v) is 6.44. The first kappa shape index (κ1) is 26.7. The van der Waals surface area contributed by atoms with Gasteiger partial charge in [0.1, 0.15) is 28.6 Å². The molecule has 0 saturated carbocycles. The van der Waals surface area contributed by atoms with Crippen molar-refractivity contribution in [1.82, 2.24) is 9.80 Å². The number of hydrogen-bond donors (Lipinski definition) is 5. The number of rotatable bonds is 5. The lowest BCUT2D eigenvalue weighted by atomic mass is 9.58. The number of carbonyl (C=O) groups excluding carboxylic acids is 3. The second kappa shape index (κ2) is 9.08. The molecule has 1 amide bonds. The van der Waals surface area contributed by atoms with E-state index in [1.165, 1.54) is 11.0 Å². The molecule has 0 fully saturated rings. The third-order valence-corrected chi connectivity index (χ3v) is 8.04. The van der Waals surface area contributed by atoms with E-state index < -0.39 is 58.0 Å². The largest absolute Gasteiger partial charge is 0.510 e. The fraction of sp³-hybridized carbons (Fsp3) is 0.393. The van der Waals surface area contributed by atoms with Gasteiger partial charge < -0.3 is 35.5 Å². The van der Waals surface area contributed by atoms with Crippen molar-refractivity contribution in [2.45, 2.75) is 31.0 Å². The number of Topliss-reactive ketones (excluding diaryl/α,β-unsaturated/α-hetero) is 2. The van der Waals surface area contributed by atoms with E-state index in [1.54, 1.807) is 26.4 Å². The highest BCUT2D eigenvalue weighted by atomic mass is 16.3. The van der Waals surface area contributed by atoms with Crippen molar-refractivity contribution in [3.8, 4) is 16.9 Å². The second-order valence-corrected chi connectivity index (χ2v) is 11.0. The Balaban J connectivity index is 1.67. The maximum absolute atomic E-state index is 13.8. The first-order valence-corrected chi connectivity index (χ1v) is 12.5. The average molecular weight is 538 g/mol. The number of primary amides is 1. The molecule has 5 rings (SSSR count). The van der Waals surface area contributed by atoms with E-state index in [0.717, 1.165) is 0 Å². The van der Waals surface area contributed by atoms with Crippen molar-refractivity contribution in [3.63, 3.8) is 0 Å². The Bertz CT molecular complexity index is 1480. The number of fused-ring (bicyclic) bond motifs is 3. The third-order valence-electron chi connectivity index (χ3n) is 8.04. The van der Waals surface area contributed by atoms with Gasteiger partial charge >= 0.3 is 0 Å². The van der Waals surface area contributed by atoms with Crippen LogP contribution in [-0.2, 0) is 22.6 Å². The van der Waals surface area contributed by atoms with Gasteiger partial charge in [-0.2, -0.15) is 0 Å². The number of aromatic hydroxyl groups is 1. The molecule has 1 heterocycles. The standard InChI is InChI=1S/C28H31N3O8/c1-30(2)10-14-7-13(11-39-14)15-5-6-18(32)20-16(15)8-12-9-17-22(31(3)4)24(34)21(27(29)37)26(36)28(17,38)25(35)19(12)23(20)33/h5-7,11-12,17,22,32,34-35,38H,8-10H2,1-4H3,(H2,29,37)/t12-,17-,22-,28-/m0/s1. The number of nitrogens with two attached hydrogens (primary N) is 1. The summed E-state index contributed by atoms with van der Waals surface area (Å²) in [6.07, 6.45) is 1.80. The number of ketones is 2. The summed E-state index contributed by atoms with van der Waals surface area (Å²) in [6.45, 7) is 0.563. The second-order valence-electron chi connectivity index (χ2n) is 11.0. The van der Waals surface area contributed by atoms with Gasteiger partial charge in [-0.05, 0) is 70.2 Å². The van der Waals surface area contributed by atoms with Gasteiger partial charge in [0.25, 0.3) is 5.91 Å². The lowest BCUT2D eigenvalue weighted by Gasteiger charge is -2.50. The summed E-state index contributed by atoms with van der Waals surface area (Å²) in [5.74, 6) is -6.05. The van der Waals surface area contributed by atoms with E-state index in [1.807, 2.05) is 25.1 Å². The summed E-state index contributed by atoms with van der Waals surface area (Å²) in [4.78, 5) is 42.8. The molecule has 39 heavy (non-hydrogen) atoms. The molecule has 3 aliphatic carbocycles. The van der Waals surface area contributed by atoms with Gasteiger partial charge in [-0.1, -0.05) is 6.07 Å². The van der Waals surface area contributed by atoms with E-state index in [2.05, 4.69) is 0 Å². The maximum atomic E-state index is 13.8. The van der Waals surface area contributed by atoms with Crippen molar-refractivity contribution in [2.75, 3.05) is 28.2 Å². The van der Waals surface area contributed by atoms with E-state index in [-0.39, 0.29) is 29.7 Å². The Hall–Kier alpha value is -3.93. The summed E-state index contributed by atoms with van der Waals surface area (Å²) >= 11 is 0. The van der Waals surface area contributed by atoms with Crippen LogP contribution in [0.1, 0.15) is 28.1 Å². The lowest BCUT2D eigenvalue weighted by molar-refractivity contribution is -0.148. The number of phenolic OH excluding ortho intramolecular Hbond substituents is 1. The van der Waals surface area contributed by atoms with Crippen molar-refractivity contribution in [2.24, 2.45) is 17.6 Å². The smallest absolute Gasteiger partial charge is 0.255 e. The topological polar surface area (TPSA) is 178 Å². The number of hydrogen-bond acceptors (Lipinski definition) is 10. The lowest BCUT2D eigenvalue weighted by Crippen LogP contribution is -2.63. The molecule has 4 atom stereocenters. The molecule has 0 saturated heterocycles. The quantitative estimate of drug-likeness (QED) is 0.351.